The maximum absolute atomic E-state index is 13.5. The summed E-state index contributed by atoms with van der Waals surface area (Å²) in [5.41, 5.74) is -2.49. The number of carbonyl (C=O) groups is 1. The third-order valence-corrected chi connectivity index (χ3v) is 14.4. The van der Waals surface area contributed by atoms with Gasteiger partial charge in [0.1, 0.15) is 0 Å². The Morgan fingerprint density at radius 2 is 1.51 bits per heavy atom. The zero-order valence-corrected chi connectivity index (χ0v) is 24.1. The third-order valence-electron chi connectivity index (χ3n) is 14.4. The van der Waals surface area contributed by atoms with Crippen LogP contribution < -0.4 is 0 Å². The van der Waals surface area contributed by atoms with E-state index in [-0.39, 0.29) is 59.1 Å². The van der Waals surface area contributed by atoms with Crippen molar-refractivity contribution in [3.05, 3.63) is 0 Å². The minimum Gasteiger partial charge on any atom is -0.469 e. The van der Waals surface area contributed by atoms with Gasteiger partial charge < -0.3 is 25.2 Å². The molecule has 37 heavy (non-hydrogen) atoms. The van der Waals surface area contributed by atoms with Crippen molar-refractivity contribution in [3.8, 4) is 0 Å². The SMILES string of the molecule is COC(=O)C12CCC(C)C(C)(O)C1C1CCC3C4(C)CCC(O)C(CO)(CO)C4CCC3(C)C1(C)CC2. The molecule has 0 amide bonds. The quantitative estimate of drug-likeness (QED) is 0.413. The van der Waals surface area contributed by atoms with Gasteiger partial charge in [0, 0.05) is 11.3 Å². The van der Waals surface area contributed by atoms with Crippen LogP contribution in [0, 0.1) is 56.7 Å². The molecule has 6 nitrogen and oxygen atoms in total. The van der Waals surface area contributed by atoms with Crippen molar-refractivity contribution in [2.75, 3.05) is 20.3 Å². The van der Waals surface area contributed by atoms with Crippen LogP contribution in [-0.4, -0.2) is 58.4 Å². The maximum atomic E-state index is 13.5. The van der Waals surface area contributed by atoms with Gasteiger partial charge in [-0.3, -0.25) is 4.79 Å². The summed E-state index contributed by atoms with van der Waals surface area (Å²) in [6, 6.07) is 0. The number of esters is 1. The Morgan fingerprint density at radius 3 is 2.14 bits per heavy atom. The number of aliphatic hydroxyl groups excluding tert-OH is 3. The molecule has 5 saturated carbocycles. The van der Waals surface area contributed by atoms with Crippen LogP contribution >= 0.6 is 0 Å². The summed E-state index contributed by atoms with van der Waals surface area (Å²) in [6.07, 6.45) is 8.05. The van der Waals surface area contributed by atoms with E-state index in [1.54, 1.807) is 0 Å². The van der Waals surface area contributed by atoms with Crippen LogP contribution in [0.15, 0.2) is 0 Å². The number of methoxy groups -OCH3 is 1. The van der Waals surface area contributed by atoms with E-state index in [4.69, 9.17) is 4.74 Å². The van der Waals surface area contributed by atoms with Gasteiger partial charge in [-0.15, -0.1) is 0 Å². The molecule has 5 aliphatic carbocycles. The van der Waals surface area contributed by atoms with E-state index in [0.29, 0.717) is 12.3 Å². The third kappa shape index (κ3) is 3.22. The Labute approximate surface area is 223 Å². The first kappa shape index (κ1) is 27.9. The molecule has 0 radical (unpaired) electrons. The summed E-state index contributed by atoms with van der Waals surface area (Å²) < 4.78 is 5.45. The van der Waals surface area contributed by atoms with Gasteiger partial charge in [0.25, 0.3) is 0 Å². The van der Waals surface area contributed by atoms with Crippen molar-refractivity contribution >= 4 is 5.97 Å². The first-order valence-electron chi connectivity index (χ1n) is 15.0. The van der Waals surface area contributed by atoms with Gasteiger partial charge in [-0.1, -0.05) is 27.7 Å². The van der Waals surface area contributed by atoms with Crippen molar-refractivity contribution in [2.24, 2.45) is 56.7 Å². The second-order valence-electron chi connectivity index (χ2n) is 15.1. The molecule has 0 aromatic rings. The largest absolute Gasteiger partial charge is 0.469 e. The van der Waals surface area contributed by atoms with Gasteiger partial charge in [-0.2, -0.15) is 0 Å². The fourth-order valence-electron chi connectivity index (χ4n) is 12.0. The molecular weight excluding hydrogens is 468 g/mol. The van der Waals surface area contributed by atoms with Crippen molar-refractivity contribution in [2.45, 2.75) is 111 Å². The zero-order chi connectivity index (χ0) is 27.2. The summed E-state index contributed by atoms with van der Waals surface area (Å²) >= 11 is 0. The zero-order valence-electron chi connectivity index (χ0n) is 24.1. The van der Waals surface area contributed by atoms with Gasteiger partial charge in [-0.05, 0) is 111 Å². The summed E-state index contributed by atoms with van der Waals surface area (Å²) in [6.45, 7) is 11.1. The standard InChI is InChI=1S/C31H52O6/c1-19-9-14-30(25(35)37-6)16-15-27(3)20(24(30)29(19,5)36)7-8-21-26(2)12-11-23(34)31(17-32,18-33)22(26)10-13-28(21,27)4/h19-24,32-34,36H,7-18H2,1-6H3. The molecule has 212 valence electrons. The van der Waals surface area contributed by atoms with E-state index in [0.717, 1.165) is 57.8 Å². The predicted molar refractivity (Wildman–Crippen MR) is 141 cm³/mol. The molecule has 0 heterocycles. The Balaban J connectivity index is 1.58. The van der Waals surface area contributed by atoms with Gasteiger partial charge in [0.05, 0.1) is 37.4 Å². The lowest BCUT2D eigenvalue weighted by Crippen LogP contribution is -2.71. The van der Waals surface area contributed by atoms with Gasteiger partial charge in [-0.25, -0.2) is 0 Å². The minimum absolute atomic E-state index is 0.0131. The molecule has 5 rings (SSSR count). The topological polar surface area (TPSA) is 107 Å². The second kappa shape index (κ2) is 8.65. The Bertz CT molecular complexity index is 913. The van der Waals surface area contributed by atoms with Crippen molar-refractivity contribution < 1.29 is 30.0 Å². The van der Waals surface area contributed by atoms with Crippen molar-refractivity contribution in [1.29, 1.82) is 0 Å². The first-order valence-corrected chi connectivity index (χ1v) is 15.0. The summed E-state index contributed by atoms with van der Waals surface area (Å²) in [5, 5.41) is 44.1. The van der Waals surface area contributed by atoms with Crippen LogP contribution in [0.25, 0.3) is 0 Å². The Morgan fingerprint density at radius 1 is 0.838 bits per heavy atom. The number of fused-ring (bicyclic) bond motifs is 7. The van der Waals surface area contributed by atoms with Crippen LogP contribution in [0.3, 0.4) is 0 Å². The molecule has 11 atom stereocenters. The minimum atomic E-state index is -0.930. The van der Waals surface area contributed by atoms with Crippen molar-refractivity contribution in [3.63, 3.8) is 0 Å². The summed E-state index contributed by atoms with van der Waals surface area (Å²) in [5.74, 6) is 0.584. The molecule has 0 saturated heterocycles. The molecule has 0 aromatic carbocycles. The number of carbonyl (C=O) groups excluding carboxylic acids is 1. The van der Waals surface area contributed by atoms with Gasteiger partial charge in [0.15, 0.2) is 0 Å². The number of hydrogen-bond acceptors (Lipinski definition) is 6. The number of rotatable bonds is 3. The molecule has 5 fully saturated rings. The highest BCUT2D eigenvalue weighted by atomic mass is 16.5. The van der Waals surface area contributed by atoms with E-state index < -0.39 is 22.5 Å². The molecule has 0 bridgehead atoms. The monoisotopic (exact) mass is 520 g/mol. The highest BCUT2D eigenvalue weighted by Crippen LogP contribution is 2.77. The highest BCUT2D eigenvalue weighted by molar-refractivity contribution is 5.78. The number of ether oxygens (including phenoxy) is 1. The fraction of sp³-hybridized carbons (Fsp3) is 0.968. The second-order valence-corrected chi connectivity index (χ2v) is 15.1. The molecule has 6 heteroatoms. The van der Waals surface area contributed by atoms with Crippen LogP contribution in [-0.2, 0) is 9.53 Å². The maximum Gasteiger partial charge on any atom is 0.312 e. The van der Waals surface area contributed by atoms with E-state index in [1.165, 1.54) is 7.11 Å². The molecule has 0 spiro atoms. The average Bonchev–Trinajstić information content (AvgIpc) is 2.87. The normalized spacial score (nSPS) is 54.8. The molecular formula is C31H52O6. The highest BCUT2D eigenvalue weighted by Gasteiger charge is 2.73. The summed E-state index contributed by atoms with van der Waals surface area (Å²) in [7, 11) is 1.50. The van der Waals surface area contributed by atoms with Gasteiger partial charge >= 0.3 is 5.97 Å². The number of hydrogen-bond donors (Lipinski definition) is 4. The first-order chi connectivity index (χ1) is 17.2. The van der Waals surface area contributed by atoms with Crippen LogP contribution in [0.1, 0.15) is 98.8 Å². The Kier molecular flexibility index (Phi) is 6.52. The molecule has 11 unspecified atom stereocenters. The predicted octanol–water partition coefficient (Wildman–Crippen LogP) is 4.32. The van der Waals surface area contributed by atoms with Crippen LogP contribution in [0.4, 0.5) is 0 Å². The fourth-order valence-corrected chi connectivity index (χ4v) is 12.0. The van der Waals surface area contributed by atoms with E-state index >= 15 is 0 Å². The van der Waals surface area contributed by atoms with Gasteiger partial charge in [0.2, 0.25) is 0 Å². The molecule has 0 aromatic heterocycles. The lowest BCUT2D eigenvalue weighted by molar-refractivity contribution is -0.284. The van der Waals surface area contributed by atoms with Crippen LogP contribution in [0.2, 0.25) is 0 Å². The molecule has 5 aliphatic rings. The summed E-state index contributed by atoms with van der Waals surface area (Å²) in [4.78, 5) is 13.5. The van der Waals surface area contributed by atoms with E-state index in [9.17, 15) is 25.2 Å². The van der Waals surface area contributed by atoms with E-state index in [2.05, 4.69) is 27.7 Å². The Hall–Kier alpha value is -0.690. The molecule has 4 N–H and O–H groups in total. The average molecular weight is 521 g/mol. The lowest BCUT2D eigenvalue weighted by Gasteiger charge is -2.74. The smallest absolute Gasteiger partial charge is 0.312 e. The van der Waals surface area contributed by atoms with Crippen LogP contribution in [0.5, 0.6) is 0 Å². The lowest BCUT2D eigenvalue weighted by atomic mass is 9.30. The molecule has 0 aliphatic heterocycles. The van der Waals surface area contributed by atoms with Crippen molar-refractivity contribution in [1.82, 2.24) is 0 Å². The number of aliphatic hydroxyl groups is 4. The van der Waals surface area contributed by atoms with E-state index in [1.807, 2.05) is 6.92 Å².